The van der Waals surface area contributed by atoms with Crippen LogP contribution < -0.4 is 4.90 Å². The molecule has 70 heavy (non-hydrogen) atoms. The minimum Gasteiger partial charge on any atom is -0.311 e. The lowest BCUT2D eigenvalue weighted by Gasteiger charge is -2.37. The predicted octanol–water partition coefficient (Wildman–Crippen LogP) is 18.8. The van der Waals surface area contributed by atoms with Crippen molar-refractivity contribution in [3.63, 3.8) is 0 Å². The third-order valence-corrected chi connectivity index (χ3v) is 15.0. The molecular weight excluding hydrogens is 843 g/mol. The van der Waals surface area contributed by atoms with Gasteiger partial charge in [-0.1, -0.05) is 236 Å². The Labute approximate surface area is 414 Å². The molecule has 2 aliphatic rings. The van der Waals surface area contributed by atoms with Crippen molar-refractivity contribution in [2.45, 2.75) is 57.8 Å². The Morgan fingerprint density at radius 2 is 0.657 bits per heavy atom. The summed E-state index contributed by atoms with van der Waals surface area (Å²) in [6.45, 7) is 14.1. The Morgan fingerprint density at radius 1 is 0.271 bits per heavy atom. The normalized spacial score (nSPS) is 13.1. The number of hydrogen-bond donors (Lipinski definition) is 0. The fraction of sp³-hybridized carbons (Fsp3) is 0.130. The van der Waals surface area contributed by atoms with E-state index in [0.29, 0.717) is 0 Å². The van der Waals surface area contributed by atoms with Gasteiger partial charge >= 0.3 is 0 Å². The maximum Gasteiger partial charge on any atom is 0.0725 e. The van der Waals surface area contributed by atoms with E-state index in [-0.39, 0.29) is 10.8 Å². The van der Waals surface area contributed by atoms with Crippen LogP contribution >= 0.6 is 0 Å². The zero-order valence-electron chi connectivity index (χ0n) is 41.0. The molecule has 0 saturated carbocycles. The van der Waals surface area contributed by atoms with Crippen molar-refractivity contribution in [3.8, 4) is 66.8 Å². The first-order valence-corrected chi connectivity index (χ1v) is 24.8. The van der Waals surface area contributed by atoms with Gasteiger partial charge in [0.1, 0.15) is 0 Å². The molecule has 338 valence electrons. The van der Waals surface area contributed by atoms with Gasteiger partial charge in [0.05, 0.1) is 5.41 Å². The zero-order chi connectivity index (χ0) is 47.8. The van der Waals surface area contributed by atoms with Crippen LogP contribution in [0.15, 0.2) is 237 Å². The standard InChI is InChI=1S/C69H57N/c1-67(2,3)51-35-42-60-64(44-51)69(62-27-17-15-25-58(62)56-23-13-14-24-57(56)59-26-16-18-28-63(59)69)65-45-52(68(4,5)6)43-61(66(60)65)50-33-40-55(41-34-50)70(53-36-29-48(30-37-53)46-19-9-7-10-20-46)54-38-31-49(32-39-54)47-21-11-8-12-22-47/h7-45H,1-6H3. The van der Waals surface area contributed by atoms with E-state index in [1.807, 2.05) is 0 Å². The molecule has 12 rings (SSSR count). The van der Waals surface area contributed by atoms with E-state index in [9.17, 15) is 0 Å². The summed E-state index contributed by atoms with van der Waals surface area (Å²) in [4.78, 5) is 2.39. The molecule has 0 unspecified atom stereocenters. The van der Waals surface area contributed by atoms with Crippen LogP contribution in [0.1, 0.15) is 74.9 Å². The SMILES string of the molecule is CC(C)(C)c1ccc2c(c1)C1(c3ccccc3-c3ccccc3-c3ccccc31)c1cc(C(C)(C)C)cc(-c3ccc(N(c4ccc(-c5ccccc5)cc4)c4ccc(-c5ccccc5)cc4)cc3)c1-2. The minimum atomic E-state index is -0.595. The van der Waals surface area contributed by atoms with Crippen molar-refractivity contribution < 1.29 is 0 Å². The largest absolute Gasteiger partial charge is 0.311 e. The van der Waals surface area contributed by atoms with Gasteiger partial charge in [0.25, 0.3) is 0 Å². The highest BCUT2D eigenvalue weighted by molar-refractivity contribution is 6.01. The predicted molar refractivity (Wildman–Crippen MR) is 297 cm³/mol. The van der Waals surface area contributed by atoms with Crippen LogP contribution in [-0.4, -0.2) is 0 Å². The molecule has 0 aliphatic heterocycles. The highest BCUT2D eigenvalue weighted by Gasteiger charge is 2.51. The number of nitrogens with zero attached hydrogens (tertiary/aromatic N) is 1. The molecule has 0 radical (unpaired) electrons. The van der Waals surface area contributed by atoms with Crippen molar-refractivity contribution >= 4 is 17.1 Å². The van der Waals surface area contributed by atoms with E-state index < -0.39 is 5.41 Å². The number of rotatable bonds is 6. The smallest absolute Gasteiger partial charge is 0.0725 e. The molecule has 2 aliphatic carbocycles. The number of benzene rings is 10. The fourth-order valence-corrected chi connectivity index (χ4v) is 11.4. The topological polar surface area (TPSA) is 3.24 Å². The average Bonchev–Trinajstić information content (AvgIpc) is 3.63. The van der Waals surface area contributed by atoms with E-state index >= 15 is 0 Å². The number of fused-ring (bicyclic) bond motifs is 12. The first-order valence-electron chi connectivity index (χ1n) is 24.8. The number of hydrogen-bond acceptors (Lipinski definition) is 1. The van der Waals surface area contributed by atoms with Crippen LogP contribution in [0.2, 0.25) is 0 Å². The minimum absolute atomic E-state index is 0.0530. The van der Waals surface area contributed by atoms with E-state index in [4.69, 9.17) is 0 Å². The monoisotopic (exact) mass is 899 g/mol. The molecule has 0 saturated heterocycles. The highest BCUT2D eigenvalue weighted by Crippen LogP contribution is 2.64. The summed E-state index contributed by atoms with van der Waals surface area (Å²) in [5.74, 6) is 0. The number of anilines is 3. The van der Waals surface area contributed by atoms with Crippen molar-refractivity contribution in [2.75, 3.05) is 4.90 Å². The maximum atomic E-state index is 2.58. The van der Waals surface area contributed by atoms with Crippen LogP contribution in [-0.2, 0) is 16.2 Å². The summed E-state index contributed by atoms with van der Waals surface area (Å²) in [6, 6.07) is 88.6. The third kappa shape index (κ3) is 7.06. The third-order valence-electron chi connectivity index (χ3n) is 15.0. The van der Waals surface area contributed by atoms with Gasteiger partial charge in [0.2, 0.25) is 0 Å². The molecular formula is C69H57N. The van der Waals surface area contributed by atoms with Gasteiger partial charge in [-0.2, -0.15) is 0 Å². The lowest BCUT2D eigenvalue weighted by molar-refractivity contribution is 0.586. The fourth-order valence-electron chi connectivity index (χ4n) is 11.4. The van der Waals surface area contributed by atoms with Crippen molar-refractivity contribution in [2.24, 2.45) is 0 Å². The van der Waals surface area contributed by atoms with Crippen LogP contribution in [0.5, 0.6) is 0 Å². The van der Waals surface area contributed by atoms with E-state index in [0.717, 1.165) is 17.1 Å². The van der Waals surface area contributed by atoms with Gasteiger partial charge in [0.15, 0.2) is 0 Å². The van der Waals surface area contributed by atoms with Crippen LogP contribution in [0.25, 0.3) is 66.8 Å². The first kappa shape index (κ1) is 43.3. The second-order valence-electron chi connectivity index (χ2n) is 21.3. The Hall–Kier alpha value is -8.00. The van der Waals surface area contributed by atoms with Crippen LogP contribution in [0, 0.1) is 0 Å². The summed E-state index contributed by atoms with van der Waals surface area (Å²) >= 11 is 0. The lowest BCUT2D eigenvalue weighted by Crippen LogP contribution is -2.30. The summed E-state index contributed by atoms with van der Waals surface area (Å²) in [5.41, 5.74) is 25.6. The zero-order valence-corrected chi connectivity index (χ0v) is 41.0. The van der Waals surface area contributed by atoms with Gasteiger partial charge in [-0.25, -0.2) is 0 Å². The molecule has 0 atom stereocenters. The summed E-state index contributed by atoms with van der Waals surface area (Å²) in [6.07, 6.45) is 0. The van der Waals surface area contributed by atoms with Crippen LogP contribution in [0.3, 0.4) is 0 Å². The van der Waals surface area contributed by atoms with Gasteiger partial charge in [-0.15, -0.1) is 0 Å². The lowest BCUT2D eigenvalue weighted by atomic mass is 9.64. The molecule has 10 aromatic carbocycles. The van der Waals surface area contributed by atoms with E-state index in [1.165, 1.54) is 100 Å². The molecule has 0 bridgehead atoms. The Morgan fingerprint density at radius 3 is 1.11 bits per heavy atom. The Bertz CT molecular complexity index is 3420. The quantitative estimate of drug-likeness (QED) is 0.161. The second kappa shape index (κ2) is 16.6. The summed E-state index contributed by atoms with van der Waals surface area (Å²) < 4.78 is 0. The average molecular weight is 900 g/mol. The van der Waals surface area contributed by atoms with Crippen molar-refractivity contribution in [3.05, 3.63) is 270 Å². The van der Waals surface area contributed by atoms with E-state index in [2.05, 4.69) is 283 Å². The molecule has 0 heterocycles. The van der Waals surface area contributed by atoms with Gasteiger partial charge in [-0.3, -0.25) is 0 Å². The van der Waals surface area contributed by atoms with Gasteiger partial charge in [-0.05, 0) is 153 Å². The van der Waals surface area contributed by atoms with Gasteiger partial charge < -0.3 is 4.90 Å². The summed E-state index contributed by atoms with van der Waals surface area (Å²) in [7, 11) is 0. The van der Waals surface area contributed by atoms with Crippen molar-refractivity contribution in [1.29, 1.82) is 0 Å². The molecule has 10 aromatic rings. The Kier molecular flexibility index (Phi) is 10.3. The molecule has 0 aromatic heterocycles. The maximum absolute atomic E-state index is 2.58. The summed E-state index contributed by atoms with van der Waals surface area (Å²) in [5, 5.41) is 0. The molecule has 1 spiro atoms. The molecule has 1 nitrogen and oxygen atoms in total. The molecule has 0 fully saturated rings. The van der Waals surface area contributed by atoms with Crippen molar-refractivity contribution in [1.82, 2.24) is 0 Å². The van der Waals surface area contributed by atoms with Crippen LogP contribution in [0.4, 0.5) is 17.1 Å². The first-order chi connectivity index (χ1) is 34.0. The molecule has 1 heteroatoms. The second-order valence-corrected chi connectivity index (χ2v) is 21.3. The highest BCUT2D eigenvalue weighted by atomic mass is 15.1. The molecule has 0 amide bonds. The molecule has 0 N–H and O–H groups in total. The Balaban J connectivity index is 1.08. The van der Waals surface area contributed by atoms with Gasteiger partial charge in [0, 0.05) is 17.1 Å². The van der Waals surface area contributed by atoms with E-state index in [1.54, 1.807) is 0 Å².